The quantitative estimate of drug-likeness (QED) is 0.680. The molecule has 1 saturated carbocycles. The molecule has 16 heavy (non-hydrogen) atoms. The van der Waals surface area contributed by atoms with E-state index in [-0.39, 0.29) is 5.79 Å². The van der Waals surface area contributed by atoms with Gasteiger partial charge in [0.05, 0.1) is 12.7 Å². The Balaban J connectivity index is 2.17. The second-order valence-corrected chi connectivity index (χ2v) is 6.11. The molecule has 0 radical (unpaired) electrons. The molecule has 1 spiro atoms. The molecule has 2 fully saturated rings. The van der Waals surface area contributed by atoms with Crippen molar-refractivity contribution in [3.8, 4) is 0 Å². The van der Waals surface area contributed by atoms with E-state index in [1.807, 2.05) is 0 Å². The summed E-state index contributed by atoms with van der Waals surface area (Å²) in [6.07, 6.45) is 5.07. The second-order valence-electron chi connectivity index (χ2n) is 6.11. The van der Waals surface area contributed by atoms with Crippen molar-refractivity contribution in [2.45, 2.75) is 65.3 Å². The van der Waals surface area contributed by atoms with Gasteiger partial charge in [-0.2, -0.15) is 0 Å². The van der Waals surface area contributed by atoms with Crippen molar-refractivity contribution < 1.29 is 9.47 Å². The Kier molecular flexibility index (Phi) is 3.60. The van der Waals surface area contributed by atoms with E-state index < -0.39 is 0 Å². The minimum absolute atomic E-state index is 0.260. The van der Waals surface area contributed by atoms with Gasteiger partial charge in [0.25, 0.3) is 0 Å². The molecule has 0 aromatic heterocycles. The molecule has 2 rings (SSSR count). The molecule has 0 N–H and O–H groups in total. The van der Waals surface area contributed by atoms with Gasteiger partial charge in [-0.05, 0) is 31.6 Å². The summed E-state index contributed by atoms with van der Waals surface area (Å²) in [5, 5.41) is 0. The molecule has 2 heteroatoms. The van der Waals surface area contributed by atoms with Gasteiger partial charge in [-0.25, -0.2) is 0 Å². The van der Waals surface area contributed by atoms with Gasteiger partial charge in [-0.15, -0.1) is 0 Å². The highest BCUT2D eigenvalue weighted by Crippen LogP contribution is 2.46. The Bertz CT molecular complexity index is 231. The molecule has 0 bridgehead atoms. The molecular formula is C14H26O2. The van der Waals surface area contributed by atoms with Gasteiger partial charge in [0.15, 0.2) is 5.79 Å². The molecule has 4 atom stereocenters. The van der Waals surface area contributed by atoms with Crippen LogP contribution in [0.2, 0.25) is 0 Å². The maximum Gasteiger partial charge on any atom is 0.171 e. The van der Waals surface area contributed by atoms with Gasteiger partial charge in [0.1, 0.15) is 0 Å². The molecule has 1 heterocycles. The van der Waals surface area contributed by atoms with Crippen LogP contribution in [-0.4, -0.2) is 18.5 Å². The van der Waals surface area contributed by atoms with E-state index in [4.69, 9.17) is 9.47 Å². The third-order valence-electron chi connectivity index (χ3n) is 4.24. The van der Waals surface area contributed by atoms with Crippen LogP contribution in [-0.2, 0) is 9.47 Å². The summed E-state index contributed by atoms with van der Waals surface area (Å²) in [6, 6.07) is 0. The number of rotatable bonds is 1. The first kappa shape index (κ1) is 12.4. The minimum atomic E-state index is -0.260. The maximum atomic E-state index is 6.24. The van der Waals surface area contributed by atoms with E-state index in [9.17, 15) is 0 Å². The van der Waals surface area contributed by atoms with Crippen molar-refractivity contribution in [1.82, 2.24) is 0 Å². The Labute approximate surface area is 99.7 Å². The molecule has 4 unspecified atom stereocenters. The van der Waals surface area contributed by atoms with E-state index in [0.717, 1.165) is 25.4 Å². The summed E-state index contributed by atoms with van der Waals surface area (Å²) in [7, 11) is 0. The van der Waals surface area contributed by atoms with Crippen LogP contribution in [0.3, 0.4) is 0 Å². The van der Waals surface area contributed by atoms with Crippen LogP contribution in [0.25, 0.3) is 0 Å². The zero-order valence-corrected chi connectivity index (χ0v) is 11.2. The smallest absolute Gasteiger partial charge is 0.171 e. The highest BCUT2D eigenvalue weighted by Gasteiger charge is 2.48. The molecular weight excluding hydrogens is 200 g/mol. The average Bonchev–Trinajstić information content (AvgIpc) is 2.16. The Morgan fingerprint density at radius 1 is 1.12 bits per heavy atom. The van der Waals surface area contributed by atoms with Gasteiger partial charge in [-0.1, -0.05) is 27.2 Å². The fourth-order valence-electron chi connectivity index (χ4n) is 3.40. The summed E-state index contributed by atoms with van der Waals surface area (Å²) in [4.78, 5) is 0. The van der Waals surface area contributed by atoms with E-state index in [1.54, 1.807) is 0 Å². The number of hydrogen-bond donors (Lipinski definition) is 0. The average molecular weight is 226 g/mol. The fraction of sp³-hybridized carbons (Fsp3) is 1.00. The van der Waals surface area contributed by atoms with Crippen molar-refractivity contribution in [3.05, 3.63) is 0 Å². The van der Waals surface area contributed by atoms with Crippen molar-refractivity contribution in [1.29, 1.82) is 0 Å². The standard InChI is InChI=1S/C14H26O2/c1-10(2)13-6-5-11(3)9-14(13)15-8-7-12(4)16-14/h10-13H,5-9H2,1-4H3. The van der Waals surface area contributed by atoms with Crippen LogP contribution < -0.4 is 0 Å². The van der Waals surface area contributed by atoms with Crippen LogP contribution in [0.5, 0.6) is 0 Å². The first-order valence-corrected chi connectivity index (χ1v) is 6.85. The Morgan fingerprint density at radius 2 is 1.88 bits per heavy atom. The minimum Gasteiger partial charge on any atom is -0.349 e. The lowest BCUT2D eigenvalue weighted by atomic mass is 9.72. The van der Waals surface area contributed by atoms with Gasteiger partial charge < -0.3 is 9.47 Å². The largest absolute Gasteiger partial charge is 0.349 e. The maximum absolute atomic E-state index is 6.24. The van der Waals surface area contributed by atoms with Crippen molar-refractivity contribution >= 4 is 0 Å². The van der Waals surface area contributed by atoms with Gasteiger partial charge >= 0.3 is 0 Å². The van der Waals surface area contributed by atoms with Crippen LogP contribution >= 0.6 is 0 Å². The lowest BCUT2D eigenvalue weighted by Crippen LogP contribution is -2.54. The molecule has 0 aromatic carbocycles. The zero-order chi connectivity index (χ0) is 11.8. The second kappa shape index (κ2) is 4.66. The predicted octanol–water partition coefficient (Wildman–Crippen LogP) is 3.60. The highest BCUT2D eigenvalue weighted by atomic mass is 16.7. The van der Waals surface area contributed by atoms with Crippen molar-refractivity contribution in [3.63, 3.8) is 0 Å². The fourth-order valence-corrected chi connectivity index (χ4v) is 3.40. The van der Waals surface area contributed by atoms with E-state index in [0.29, 0.717) is 17.9 Å². The van der Waals surface area contributed by atoms with Gasteiger partial charge in [0, 0.05) is 12.3 Å². The van der Waals surface area contributed by atoms with Gasteiger partial charge in [0.2, 0.25) is 0 Å². The van der Waals surface area contributed by atoms with Crippen LogP contribution in [0.4, 0.5) is 0 Å². The summed E-state index contributed by atoms with van der Waals surface area (Å²) >= 11 is 0. The third-order valence-corrected chi connectivity index (χ3v) is 4.24. The molecule has 0 aromatic rings. The lowest BCUT2D eigenvalue weighted by molar-refractivity contribution is -0.335. The molecule has 94 valence electrons. The first-order chi connectivity index (χ1) is 7.53. The predicted molar refractivity (Wildman–Crippen MR) is 65.2 cm³/mol. The lowest BCUT2D eigenvalue weighted by Gasteiger charge is -2.50. The SMILES string of the molecule is CC1CCC(C(C)C)C2(C1)OCCC(C)O2. The summed E-state index contributed by atoms with van der Waals surface area (Å²) in [6.45, 7) is 9.98. The van der Waals surface area contributed by atoms with Crippen molar-refractivity contribution in [2.75, 3.05) is 6.61 Å². The molecule has 0 amide bonds. The Hall–Kier alpha value is -0.0800. The van der Waals surface area contributed by atoms with Gasteiger partial charge in [-0.3, -0.25) is 0 Å². The van der Waals surface area contributed by atoms with Crippen LogP contribution in [0, 0.1) is 17.8 Å². The van der Waals surface area contributed by atoms with E-state index in [2.05, 4.69) is 27.7 Å². The van der Waals surface area contributed by atoms with Crippen LogP contribution in [0.1, 0.15) is 53.4 Å². The van der Waals surface area contributed by atoms with E-state index >= 15 is 0 Å². The van der Waals surface area contributed by atoms with Crippen LogP contribution in [0.15, 0.2) is 0 Å². The monoisotopic (exact) mass is 226 g/mol. The summed E-state index contributed by atoms with van der Waals surface area (Å²) in [5.74, 6) is 1.70. The zero-order valence-electron chi connectivity index (χ0n) is 11.2. The van der Waals surface area contributed by atoms with E-state index in [1.165, 1.54) is 12.8 Å². The van der Waals surface area contributed by atoms with Crippen molar-refractivity contribution in [2.24, 2.45) is 17.8 Å². The first-order valence-electron chi connectivity index (χ1n) is 6.85. The Morgan fingerprint density at radius 3 is 2.50 bits per heavy atom. The highest BCUT2D eigenvalue weighted by molar-refractivity contribution is 4.90. The molecule has 1 aliphatic heterocycles. The normalized spacial score (nSPS) is 45.2. The molecule has 2 nitrogen and oxygen atoms in total. The number of ether oxygens (including phenoxy) is 2. The topological polar surface area (TPSA) is 18.5 Å². The number of hydrogen-bond acceptors (Lipinski definition) is 2. The third kappa shape index (κ3) is 2.28. The molecule has 2 aliphatic rings. The molecule has 1 aliphatic carbocycles. The summed E-state index contributed by atoms with van der Waals surface area (Å²) in [5.41, 5.74) is 0. The summed E-state index contributed by atoms with van der Waals surface area (Å²) < 4.78 is 12.3. The molecule has 1 saturated heterocycles.